The molecule has 9 heteroatoms. The van der Waals surface area contributed by atoms with Gasteiger partial charge in [0.15, 0.2) is 5.82 Å². The van der Waals surface area contributed by atoms with Crippen molar-refractivity contribution < 1.29 is 9.53 Å². The van der Waals surface area contributed by atoms with Crippen LogP contribution in [0.1, 0.15) is 0 Å². The fourth-order valence-corrected chi connectivity index (χ4v) is 2.75. The Balaban J connectivity index is 2.05. The molecule has 7 nitrogen and oxygen atoms in total. The molecule has 0 fully saturated rings. The standard InChI is InChI=1S/C16H22ClN5O2Si/c1-25(2,3)9-8-24-16(23)21-13-7-5-4-6-12(13)20-14-11(17)10-19-15(18)22-14/h4-7,10H,8-9H2,1-3H3,(H,21,23)(H3,18,19,20,22). The summed E-state index contributed by atoms with van der Waals surface area (Å²) < 4.78 is 5.26. The highest BCUT2D eigenvalue weighted by molar-refractivity contribution is 6.76. The third-order valence-electron chi connectivity index (χ3n) is 3.26. The first-order valence-corrected chi connectivity index (χ1v) is 11.9. The van der Waals surface area contributed by atoms with Crippen LogP contribution >= 0.6 is 11.6 Å². The lowest BCUT2D eigenvalue weighted by Crippen LogP contribution is -2.24. The Morgan fingerprint density at radius 3 is 2.64 bits per heavy atom. The summed E-state index contributed by atoms with van der Waals surface area (Å²) in [5, 5.41) is 6.09. The minimum absolute atomic E-state index is 0.100. The first kappa shape index (κ1) is 19.0. The second kappa shape index (κ2) is 8.17. The fourth-order valence-electron chi connectivity index (χ4n) is 1.89. The van der Waals surface area contributed by atoms with Crippen LogP contribution in [0, 0.1) is 0 Å². The second-order valence-corrected chi connectivity index (χ2v) is 12.7. The second-order valence-electron chi connectivity index (χ2n) is 6.67. The van der Waals surface area contributed by atoms with Gasteiger partial charge in [-0.15, -0.1) is 0 Å². The van der Waals surface area contributed by atoms with Crippen molar-refractivity contribution in [2.45, 2.75) is 25.7 Å². The average Bonchev–Trinajstić information content (AvgIpc) is 2.51. The smallest absolute Gasteiger partial charge is 0.411 e. The Bertz CT molecular complexity index is 752. The number of amides is 1. The topological polar surface area (TPSA) is 102 Å². The summed E-state index contributed by atoms with van der Waals surface area (Å²) in [7, 11) is -1.25. The number of hydrogen-bond donors (Lipinski definition) is 3. The molecule has 4 N–H and O–H groups in total. The molecule has 2 rings (SSSR count). The number of rotatable bonds is 6. The van der Waals surface area contributed by atoms with Gasteiger partial charge >= 0.3 is 6.09 Å². The van der Waals surface area contributed by atoms with Crippen molar-refractivity contribution in [1.29, 1.82) is 0 Å². The maximum absolute atomic E-state index is 12.0. The average molecular weight is 380 g/mol. The molecule has 1 amide bonds. The van der Waals surface area contributed by atoms with Gasteiger partial charge in [0.2, 0.25) is 5.95 Å². The number of benzene rings is 1. The lowest BCUT2D eigenvalue weighted by molar-refractivity contribution is 0.167. The molecule has 0 saturated carbocycles. The van der Waals surface area contributed by atoms with Gasteiger partial charge in [-0.2, -0.15) is 4.98 Å². The third kappa shape index (κ3) is 6.24. The molecule has 1 aromatic carbocycles. The molecular formula is C16H22ClN5O2Si. The van der Waals surface area contributed by atoms with Crippen LogP contribution < -0.4 is 16.4 Å². The van der Waals surface area contributed by atoms with Gasteiger partial charge in [0.25, 0.3) is 0 Å². The predicted octanol–water partition coefficient (Wildman–Crippen LogP) is 4.34. The van der Waals surface area contributed by atoms with Crippen molar-refractivity contribution in [3.05, 3.63) is 35.5 Å². The molecule has 0 unspecified atom stereocenters. The van der Waals surface area contributed by atoms with Crippen LogP contribution in [0.4, 0.5) is 27.9 Å². The number of ether oxygens (including phenoxy) is 1. The summed E-state index contributed by atoms with van der Waals surface area (Å²) >= 11 is 6.06. The lowest BCUT2D eigenvalue weighted by atomic mass is 10.2. The van der Waals surface area contributed by atoms with E-state index in [1.54, 1.807) is 18.2 Å². The number of nitrogen functional groups attached to an aromatic ring is 1. The Morgan fingerprint density at radius 1 is 1.28 bits per heavy atom. The molecule has 0 radical (unpaired) electrons. The van der Waals surface area contributed by atoms with E-state index in [4.69, 9.17) is 22.1 Å². The zero-order chi connectivity index (χ0) is 18.4. The van der Waals surface area contributed by atoms with E-state index in [0.717, 1.165) is 6.04 Å². The van der Waals surface area contributed by atoms with E-state index in [1.165, 1.54) is 6.20 Å². The summed E-state index contributed by atoms with van der Waals surface area (Å²) in [6, 6.07) is 8.07. The van der Waals surface area contributed by atoms with Crippen molar-refractivity contribution in [2.75, 3.05) is 23.0 Å². The molecule has 0 saturated heterocycles. The minimum atomic E-state index is -1.25. The van der Waals surface area contributed by atoms with Crippen LogP contribution in [-0.2, 0) is 4.74 Å². The van der Waals surface area contributed by atoms with Crippen molar-refractivity contribution >= 4 is 48.9 Å². The number of anilines is 4. The number of halogens is 1. The van der Waals surface area contributed by atoms with Crippen molar-refractivity contribution in [1.82, 2.24) is 9.97 Å². The molecule has 2 aromatic rings. The van der Waals surface area contributed by atoms with Crippen molar-refractivity contribution in [2.24, 2.45) is 0 Å². The quantitative estimate of drug-likeness (QED) is 0.645. The van der Waals surface area contributed by atoms with E-state index >= 15 is 0 Å². The van der Waals surface area contributed by atoms with E-state index in [9.17, 15) is 4.79 Å². The van der Waals surface area contributed by atoms with Crippen LogP contribution in [0.5, 0.6) is 0 Å². The molecule has 0 aliphatic rings. The maximum Gasteiger partial charge on any atom is 0.411 e. The summed E-state index contributed by atoms with van der Waals surface area (Å²) in [4.78, 5) is 19.9. The number of hydrogen-bond acceptors (Lipinski definition) is 6. The largest absolute Gasteiger partial charge is 0.450 e. The van der Waals surface area contributed by atoms with Gasteiger partial charge in [-0.05, 0) is 18.2 Å². The van der Waals surface area contributed by atoms with Crippen molar-refractivity contribution in [3.8, 4) is 0 Å². The SMILES string of the molecule is C[Si](C)(C)CCOC(=O)Nc1ccccc1Nc1nc(N)ncc1Cl. The van der Waals surface area contributed by atoms with Gasteiger partial charge < -0.3 is 15.8 Å². The lowest BCUT2D eigenvalue weighted by Gasteiger charge is -2.16. The fraction of sp³-hybridized carbons (Fsp3) is 0.312. The van der Waals surface area contributed by atoms with Gasteiger partial charge in [-0.3, -0.25) is 5.32 Å². The van der Waals surface area contributed by atoms with Gasteiger partial charge in [0.1, 0.15) is 5.02 Å². The molecular weight excluding hydrogens is 358 g/mol. The molecule has 25 heavy (non-hydrogen) atoms. The van der Waals surface area contributed by atoms with Crippen molar-refractivity contribution in [3.63, 3.8) is 0 Å². The summed E-state index contributed by atoms with van der Waals surface area (Å²) in [5.41, 5.74) is 6.75. The van der Waals surface area contributed by atoms with Crippen LogP contribution in [-0.4, -0.2) is 30.7 Å². The van der Waals surface area contributed by atoms with Crippen LogP contribution in [0.15, 0.2) is 30.5 Å². The number of nitrogens with one attached hydrogen (secondary N) is 2. The Morgan fingerprint density at radius 2 is 1.96 bits per heavy atom. The molecule has 134 valence electrons. The van der Waals surface area contributed by atoms with Crippen LogP contribution in [0.3, 0.4) is 0 Å². The molecule has 0 bridgehead atoms. The first-order chi connectivity index (χ1) is 11.7. The summed E-state index contributed by atoms with van der Waals surface area (Å²) in [6.45, 7) is 7.09. The van der Waals surface area contributed by atoms with E-state index in [0.29, 0.717) is 28.8 Å². The van der Waals surface area contributed by atoms with Gasteiger partial charge in [0.05, 0.1) is 24.2 Å². The van der Waals surface area contributed by atoms with E-state index in [1.807, 2.05) is 6.07 Å². The highest BCUT2D eigenvalue weighted by atomic mass is 35.5. The molecule has 0 spiro atoms. The Labute approximate surface area is 153 Å². The number of nitrogens with zero attached hydrogens (tertiary/aromatic N) is 2. The van der Waals surface area contributed by atoms with Gasteiger partial charge in [-0.25, -0.2) is 9.78 Å². The number of carbonyl (C=O) groups excluding carboxylic acids is 1. The van der Waals surface area contributed by atoms with Gasteiger partial charge in [-0.1, -0.05) is 43.4 Å². The number of aromatic nitrogens is 2. The Hall–Kier alpha value is -2.32. The molecule has 1 heterocycles. The van der Waals surface area contributed by atoms with Crippen LogP contribution in [0.2, 0.25) is 30.7 Å². The highest BCUT2D eigenvalue weighted by Crippen LogP contribution is 2.28. The predicted molar refractivity (Wildman–Crippen MR) is 104 cm³/mol. The number of carbonyl (C=O) groups is 1. The van der Waals surface area contributed by atoms with E-state index in [2.05, 4.69) is 40.2 Å². The monoisotopic (exact) mass is 379 g/mol. The molecule has 0 aliphatic carbocycles. The van der Waals surface area contributed by atoms with E-state index in [-0.39, 0.29) is 5.95 Å². The molecule has 0 atom stereocenters. The summed E-state index contributed by atoms with van der Waals surface area (Å²) in [5.74, 6) is 0.457. The highest BCUT2D eigenvalue weighted by Gasteiger charge is 2.15. The normalized spacial score (nSPS) is 11.0. The number of para-hydroxylation sites is 2. The summed E-state index contributed by atoms with van der Waals surface area (Å²) in [6.07, 6.45) is 0.910. The molecule has 0 aliphatic heterocycles. The first-order valence-electron chi connectivity index (χ1n) is 7.82. The zero-order valence-corrected chi connectivity index (χ0v) is 16.2. The number of nitrogens with two attached hydrogens (primary N) is 1. The maximum atomic E-state index is 12.0. The van der Waals surface area contributed by atoms with Crippen LogP contribution in [0.25, 0.3) is 0 Å². The zero-order valence-electron chi connectivity index (χ0n) is 14.5. The van der Waals surface area contributed by atoms with E-state index < -0.39 is 14.2 Å². The minimum Gasteiger partial charge on any atom is -0.450 e. The van der Waals surface area contributed by atoms with Gasteiger partial charge in [0, 0.05) is 8.07 Å². The Kier molecular flexibility index (Phi) is 6.21. The third-order valence-corrected chi connectivity index (χ3v) is 5.25. The molecule has 1 aromatic heterocycles.